The van der Waals surface area contributed by atoms with E-state index in [2.05, 4.69) is 159 Å². The fourth-order valence-electron chi connectivity index (χ4n) is 6.53. The van der Waals surface area contributed by atoms with Crippen LogP contribution < -0.4 is 9.30 Å². The first-order valence-corrected chi connectivity index (χ1v) is 16.7. The zero-order valence-corrected chi connectivity index (χ0v) is 31.3. The van der Waals surface area contributed by atoms with E-state index < -0.39 is 0 Å². The molecule has 0 saturated heterocycles. The third kappa shape index (κ3) is 6.05. The Morgan fingerprint density at radius 3 is 2.20 bits per heavy atom. The van der Waals surface area contributed by atoms with E-state index in [4.69, 9.17) is 9.72 Å². The number of benzene rings is 5. The molecule has 0 radical (unpaired) electrons. The van der Waals surface area contributed by atoms with E-state index in [-0.39, 0.29) is 32.0 Å². The fraction of sp³-hybridized carbons (Fsp3) is 0.182. The largest absolute Gasteiger partial charge is 0.510 e. The van der Waals surface area contributed by atoms with Crippen LogP contribution in [0.5, 0.6) is 11.5 Å². The Kier molecular flexibility index (Phi) is 8.52. The Morgan fingerprint density at radius 2 is 1.42 bits per heavy atom. The minimum absolute atomic E-state index is 0. The van der Waals surface area contributed by atoms with Gasteiger partial charge in [0.2, 0.25) is 6.33 Å². The number of aromatic nitrogens is 4. The number of fused-ring (bicyclic) bond motifs is 4. The number of rotatable bonds is 5. The molecule has 3 aromatic heterocycles. The summed E-state index contributed by atoms with van der Waals surface area (Å²) in [5, 5.41) is 2.22. The molecule has 50 heavy (non-hydrogen) atoms. The van der Waals surface area contributed by atoms with Crippen LogP contribution in [0.2, 0.25) is 0 Å². The number of hydrogen-bond acceptors (Lipinski definition) is 2. The maximum atomic E-state index is 6.51. The minimum atomic E-state index is -0.134. The van der Waals surface area contributed by atoms with E-state index in [0.717, 1.165) is 49.9 Å². The second kappa shape index (κ2) is 12.7. The fourth-order valence-corrected chi connectivity index (χ4v) is 6.53. The van der Waals surface area contributed by atoms with Gasteiger partial charge in [-0.15, -0.1) is 29.7 Å². The van der Waals surface area contributed by atoms with E-state index in [1.54, 1.807) is 0 Å². The van der Waals surface area contributed by atoms with Crippen molar-refractivity contribution in [2.75, 3.05) is 0 Å². The molecule has 0 saturated carbocycles. The van der Waals surface area contributed by atoms with Crippen LogP contribution in [0.25, 0.3) is 55.5 Å². The molecule has 8 rings (SSSR count). The van der Waals surface area contributed by atoms with Crippen molar-refractivity contribution in [2.45, 2.75) is 52.5 Å². The molecular formula is C44H38N4OPt-2. The van der Waals surface area contributed by atoms with Crippen molar-refractivity contribution in [3.63, 3.8) is 0 Å². The van der Waals surface area contributed by atoms with E-state index in [0.29, 0.717) is 11.5 Å². The molecule has 6 heteroatoms. The monoisotopic (exact) mass is 833 g/mol. The summed E-state index contributed by atoms with van der Waals surface area (Å²) in [4.78, 5) is 4.87. The molecule has 0 unspecified atom stereocenters. The standard InChI is InChI=1S/C44H38N4O.Pt/c1-43(2,3)32-23-24-45-42(26-32)48-38-22-19-31(30-13-8-7-9-14-30)25-37(38)36-21-20-35(28-41(36)48)49-34-16-12-15-33(27-34)46-29-47(44(4,5)6)40-18-11-10-17-39(40)46;/h7-26H,1-6H3;/q-2;. The van der Waals surface area contributed by atoms with Crippen LogP contribution in [0.1, 0.15) is 47.1 Å². The summed E-state index contributed by atoms with van der Waals surface area (Å²) in [6.07, 6.45) is 5.46. The van der Waals surface area contributed by atoms with Crippen LogP contribution in [0.3, 0.4) is 0 Å². The summed E-state index contributed by atoms with van der Waals surface area (Å²) < 4.78 is 12.9. The van der Waals surface area contributed by atoms with Crippen molar-refractivity contribution in [3.8, 4) is 34.1 Å². The van der Waals surface area contributed by atoms with Crippen molar-refractivity contribution < 1.29 is 30.4 Å². The van der Waals surface area contributed by atoms with Gasteiger partial charge < -0.3 is 18.4 Å². The molecule has 252 valence electrons. The van der Waals surface area contributed by atoms with Crippen molar-refractivity contribution in [3.05, 3.63) is 145 Å². The summed E-state index contributed by atoms with van der Waals surface area (Å²) in [5.74, 6) is 2.05. The molecule has 8 aromatic rings. The van der Waals surface area contributed by atoms with Gasteiger partial charge in [0.05, 0.1) is 16.6 Å². The molecule has 0 aliphatic heterocycles. The number of nitrogens with zero attached hydrogens (tertiary/aromatic N) is 4. The van der Waals surface area contributed by atoms with Crippen LogP contribution in [-0.2, 0) is 32.0 Å². The number of imidazole rings is 1. The normalized spacial score (nSPS) is 12.0. The van der Waals surface area contributed by atoms with Gasteiger partial charge in [-0.05, 0) is 66.5 Å². The van der Waals surface area contributed by atoms with Crippen molar-refractivity contribution in [2.24, 2.45) is 0 Å². The first kappa shape index (κ1) is 33.5. The average Bonchev–Trinajstić information content (AvgIpc) is 3.65. The Bertz CT molecular complexity index is 2500. The zero-order chi connectivity index (χ0) is 33.9. The minimum Gasteiger partial charge on any atom is -0.510 e. The number of hydrogen-bond donors (Lipinski definition) is 0. The summed E-state index contributed by atoms with van der Waals surface area (Å²) in [6.45, 7) is 13.2. The van der Waals surface area contributed by atoms with Crippen molar-refractivity contribution >= 4 is 32.8 Å². The Morgan fingerprint density at radius 1 is 0.660 bits per heavy atom. The third-order valence-corrected chi connectivity index (χ3v) is 9.05. The number of pyridine rings is 1. The van der Waals surface area contributed by atoms with E-state index >= 15 is 0 Å². The van der Waals surface area contributed by atoms with Crippen molar-refractivity contribution in [1.29, 1.82) is 0 Å². The summed E-state index contributed by atoms with van der Waals surface area (Å²) in [7, 11) is 0. The Hall–Kier alpha value is -4.99. The zero-order valence-electron chi connectivity index (χ0n) is 29.1. The SMILES string of the molecule is CC(C)(C)c1ccnc(-n2c3[c-]c(Oc4[c-]c(-n5[c-][n+](C(C)(C)C)c6ccccc65)ccc4)ccc3c3cc(-c4ccccc4)ccc32)c1.[Pt]. The maximum absolute atomic E-state index is 6.51. The van der Waals surface area contributed by atoms with Crippen LogP contribution in [0, 0.1) is 18.5 Å². The summed E-state index contributed by atoms with van der Waals surface area (Å²) in [6, 6.07) is 47.0. The molecule has 0 aliphatic carbocycles. The van der Waals surface area contributed by atoms with Gasteiger partial charge in [0.25, 0.3) is 0 Å². The topological polar surface area (TPSA) is 35.9 Å². The molecule has 5 nitrogen and oxygen atoms in total. The Balaban J connectivity index is 0.00000392. The predicted octanol–water partition coefficient (Wildman–Crippen LogP) is 10.3. The molecule has 3 heterocycles. The average molecular weight is 834 g/mol. The molecule has 0 fully saturated rings. The second-order valence-electron chi connectivity index (χ2n) is 14.6. The summed E-state index contributed by atoms with van der Waals surface area (Å²) >= 11 is 0. The first-order chi connectivity index (χ1) is 23.5. The first-order valence-electron chi connectivity index (χ1n) is 16.7. The molecule has 0 atom stereocenters. The maximum Gasteiger partial charge on any atom is 0.243 e. The van der Waals surface area contributed by atoms with E-state index in [1.165, 1.54) is 11.1 Å². The molecule has 0 bridgehead atoms. The summed E-state index contributed by atoms with van der Waals surface area (Å²) in [5.41, 5.74) is 8.40. The molecule has 0 N–H and O–H groups in total. The van der Waals surface area contributed by atoms with Crippen LogP contribution >= 0.6 is 0 Å². The van der Waals surface area contributed by atoms with Gasteiger partial charge in [-0.25, -0.2) is 4.98 Å². The van der Waals surface area contributed by atoms with Gasteiger partial charge in [0.15, 0.2) is 0 Å². The second-order valence-corrected chi connectivity index (χ2v) is 14.6. The molecule has 0 aliphatic rings. The quantitative estimate of drug-likeness (QED) is 0.128. The Labute approximate surface area is 308 Å². The number of para-hydroxylation sites is 2. The number of ether oxygens (including phenoxy) is 1. The van der Waals surface area contributed by atoms with Gasteiger partial charge in [-0.2, -0.15) is 18.2 Å². The molecular weight excluding hydrogens is 796 g/mol. The van der Waals surface area contributed by atoms with Gasteiger partial charge >= 0.3 is 0 Å². The molecule has 0 amide bonds. The van der Waals surface area contributed by atoms with Crippen molar-refractivity contribution in [1.82, 2.24) is 14.1 Å². The van der Waals surface area contributed by atoms with Gasteiger partial charge in [0, 0.05) is 44.3 Å². The van der Waals surface area contributed by atoms with Crippen LogP contribution in [-0.4, -0.2) is 14.1 Å². The smallest absolute Gasteiger partial charge is 0.243 e. The van der Waals surface area contributed by atoms with Crippen LogP contribution in [0.15, 0.2) is 121 Å². The van der Waals surface area contributed by atoms with Gasteiger partial charge in [-0.1, -0.05) is 98.7 Å². The van der Waals surface area contributed by atoms with E-state index in [1.807, 2.05) is 36.5 Å². The third-order valence-electron chi connectivity index (χ3n) is 9.05. The predicted molar refractivity (Wildman–Crippen MR) is 198 cm³/mol. The molecule has 5 aromatic carbocycles. The van der Waals surface area contributed by atoms with Gasteiger partial charge in [-0.3, -0.25) is 0 Å². The van der Waals surface area contributed by atoms with E-state index in [9.17, 15) is 0 Å². The van der Waals surface area contributed by atoms with Gasteiger partial charge in [0.1, 0.15) is 5.82 Å². The van der Waals surface area contributed by atoms with Crippen LogP contribution in [0.4, 0.5) is 0 Å². The molecule has 0 spiro atoms.